The second-order valence-corrected chi connectivity index (χ2v) is 3.61. The molecule has 2 heterocycles. The summed E-state index contributed by atoms with van der Waals surface area (Å²) in [5.74, 6) is 0.573. The highest BCUT2D eigenvalue weighted by atomic mass is 16.1. The number of anilines is 1. The maximum Gasteiger partial charge on any atom is 0.166 e. The third-order valence-corrected chi connectivity index (χ3v) is 2.50. The fourth-order valence-corrected chi connectivity index (χ4v) is 1.50. The van der Waals surface area contributed by atoms with Gasteiger partial charge in [0.15, 0.2) is 5.78 Å². The van der Waals surface area contributed by atoms with Crippen LogP contribution < -0.4 is 11.1 Å². The first-order valence-corrected chi connectivity index (χ1v) is 4.71. The number of aromatic nitrogens is 1. The van der Waals surface area contributed by atoms with E-state index in [9.17, 15) is 4.79 Å². The molecule has 0 aromatic carbocycles. The number of nitrogens with one attached hydrogen (secondary N) is 1. The van der Waals surface area contributed by atoms with Crippen LogP contribution in [0, 0.1) is 5.92 Å². The molecule has 1 aromatic heterocycles. The lowest BCUT2D eigenvalue weighted by atomic mass is 9.94. The predicted molar refractivity (Wildman–Crippen MR) is 54.0 cm³/mol. The van der Waals surface area contributed by atoms with Crippen molar-refractivity contribution in [2.45, 2.75) is 6.42 Å². The molecule has 0 unspecified atom stereocenters. The summed E-state index contributed by atoms with van der Waals surface area (Å²) in [5, 5.41) is 3.13. The fraction of sp³-hybridized carbons (Fsp3) is 0.400. The zero-order valence-corrected chi connectivity index (χ0v) is 7.86. The lowest BCUT2D eigenvalue weighted by Gasteiger charge is -2.26. The Morgan fingerprint density at radius 1 is 1.64 bits per heavy atom. The SMILES string of the molecule is Nc1ccncc1C(=O)CC1CNC1. The van der Waals surface area contributed by atoms with Gasteiger partial charge in [0, 0.05) is 24.5 Å². The molecule has 0 amide bonds. The maximum absolute atomic E-state index is 11.7. The van der Waals surface area contributed by atoms with Crippen molar-refractivity contribution in [2.24, 2.45) is 5.92 Å². The third-order valence-electron chi connectivity index (χ3n) is 2.50. The van der Waals surface area contributed by atoms with Gasteiger partial charge in [-0.3, -0.25) is 9.78 Å². The number of pyridine rings is 1. The monoisotopic (exact) mass is 191 g/mol. The van der Waals surface area contributed by atoms with Crippen molar-refractivity contribution in [3.63, 3.8) is 0 Å². The van der Waals surface area contributed by atoms with Crippen molar-refractivity contribution >= 4 is 11.5 Å². The Hall–Kier alpha value is -1.42. The van der Waals surface area contributed by atoms with Crippen molar-refractivity contribution in [3.05, 3.63) is 24.0 Å². The molecule has 1 aliphatic rings. The summed E-state index contributed by atoms with van der Waals surface area (Å²) in [5.41, 5.74) is 6.76. The normalized spacial score (nSPS) is 16.3. The number of Topliss-reactive ketones (excluding diaryl/α,β-unsaturated/α-hetero) is 1. The van der Waals surface area contributed by atoms with Crippen molar-refractivity contribution in [3.8, 4) is 0 Å². The van der Waals surface area contributed by atoms with Crippen molar-refractivity contribution in [1.29, 1.82) is 0 Å². The average molecular weight is 191 g/mol. The van der Waals surface area contributed by atoms with Crippen molar-refractivity contribution < 1.29 is 4.79 Å². The molecule has 1 aliphatic heterocycles. The second-order valence-electron chi connectivity index (χ2n) is 3.61. The van der Waals surface area contributed by atoms with Gasteiger partial charge in [-0.1, -0.05) is 0 Å². The topological polar surface area (TPSA) is 68.0 Å². The zero-order chi connectivity index (χ0) is 9.97. The first-order valence-electron chi connectivity index (χ1n) is 4.71. The molecule has 2 rings (SSSR count). The molecular weight excluding hydrogens is 178 g/mol. The standard InChI is InChI=1S/C10H13N3O/c11-9-1-2-12-6-8(9)10(14)3-7-4-13-5-7/h1-2,6-7,13H,3-5H2,(H2,11,12). The van der Waals surface area contributed by atoms with Crippen LogP contribution in [-0.4, -0.2) is 23.9 Å². The molecule has 0 radical (unpaired) electrons. The minimum absolute atomic E-state index is 0.0992. The predicted octanol–water partition coefficient (Wildman–Crippen LogP) is 0.456. The molecule has 1 aromatic rings. The third kappa shape index (κ3) is 1.75. The van der Waals surface area contributed by atoms with Crippen molar-refractivity contribution in [2.75, 3.05) is 18.8 Å². The maximum atomic E-state index is 11.7. The molecule has 14 heavy (non-hydrogen) atoms. The van der Waals surface area contributed by atoms with Gasteiger partial charge in [-0.05, 0) is 25.1 Å². The minimum Gasteiger partial charge on any atom is -0.398 e. The Labute approximate surface area is 82.5 Å². The summed E-state index contributed by atoms with van der Waals surface area (Å²) in [6, 6.07) is 1.66. The number of nitrogen functional groups attached to an aromatic ring is 1. The van der Waals surface area contributed by atoms with Gasteiger partial charge in [-0.25, -0.2) is 0 Å². The molecule has 0 saturated carbocycles. The number of carbonyl (C=O) groups excluding carboxylic acids is 1. The largest absolute Gasteiger partial charge is 0.398 e. The number of ketones is 1. The first kappa shape index (κ1) is 9.15. The molecular formula is C10H13N3O. The van der Waals surface area contributed by atoms with Gasteiger partial charge in [0.05, 0.1) is 5.56 Å². The lowest BCUT2D eigenvalue weighted by Crippen LogP contribution is -2.43. The van der Waals surface area contributed by atoms with Gasteiger partial charge in [-0.15, -0.1) is 0 Å². The van der Waals surface area contributed by atoms with Crippen LogP contribution in [0.4, 0.5) is 5.69 Å². The molecule has 1 fully saturated rings. The smallest absolute Gasteiger partial charge is 0.166 e. The molecule has 4 nitrogen and oxygen atoms in total. The van der Waals surface area contributed by atoms with Crippen LogP contribution in [0.15, 0.2) is 18.5 Å². The van der Waals surface area contributed by atoms with Gasteiger partial charge in [0.2, 0.25) is 0 Å². The van der Waals surface area contributed by atoms with Crippen LogP contribution in [0.2, 0.25) is 0 Å². The van der Waals surface area contributed by atoms with Gasteiger partial charge in [0.25, 0.3) is 0 Å². The van der Waals surface area contributed by atoms with E-state index in [1.54, 1.807) is 18.5 Å². The van der Waals surface area contributed by atoms with Crippen LogP contribution in [0.5, 0.6) is 0 Å². The Morgan fingerprint density at radius 2 is 2.43 bits per heavy atom. The summed E-state index contributed by atoms with van der Waals surface area (Å²) in [6.07, 6.45) is 3.71. The van der Waals surface area contributed by atoms with E-state index in [1.165, 1.54) is 0 Å². The van der Waals surface area contributed by atoms with E-state index in [-0.39, 0.29) is 5.78 Å². The summed E-state index contributed by atoms with van der Waals surface area (Å²) in [6.45, 7) is 1.87. The summed E-state index contributed by atoms with van der Waals surface area (Å²) >= 11 is 0. The van der Waals surface area contributed by atoms with E-state index >= 15 is 0 Å². The highest BCUT2D eigenvalue weighted by Gasteiger charge is 2.21. The molecule has 4 heteroatoms. The molecule has 74 valence electrons. The van der Waals surface area contributed by atoms with Crippen LogP contribution in [0.25, 0.3) is 0 Å². The van der Waals surface area contributed by atoms with E-state index in [2.05, 4.69) is 10.3 Å². The summed E-state index contributed by atoms with van der Waals surface area (Å²) in [4.78, 5) is 15.6. The van der Waals surface area contributed by atoms with Crippen LogP contribution in [0.1, 0.15) is 16.8 Å². The molecule has 1 saturated heterocycles. The number of nitrogens with two attached hydrogens (primary N) is 1. The Balaban J connectivity index is 2.06. The highest BCUT2D eigenvalue weighted by molar-refractivity contribution is 6.00. The summed E-state index contributed by atoms with van der Waals surface area (Å²) in [7, 11) is 0. The Morgan fingerprint density at radius 3 is 3.00 bits per heavy atom. The number of hydrogen-bond donors (Lipinski definition) is 2. The summed E-state index contributed by atoms with van der Waals surface area (Å²) < 4.78 is 0. The highest BCUT2D eigenvalue weighted by Crippen LogP contribution is 2.16. The van der Waals surface area contributed by atoms with Gasteiger partial charge in [-0.2, -0.15) is 0 Å². The van der Waals surface area contributed by atoms with E-state index in [4.69, 9.17) is 5.73 Å². The van der Waals surface area contributed by atoms with Crippen LogP contribution in [0.3, 0.4) is 0 Å². The molecule has 0 aliphatic carbocycles. The van der Waals surface area contributed by atoms with E-state index in [1.807, 2.05) is 0 Å². The number of nitrogens with zero attached hydrogens (tertiary/aromatic N) is 1. The molecule has 0 spiro atoms. The van der Waals surface area contributed by atoms with Crippen LogP contribution in [-0.2, 0) is 0 Å². The second kappa shape index (κ2) is 3.75. The Kier molecular flexibility index (Phi) is 2.45. The molecule has 3 N–H and O–H groups in total. The molecule has 0 bridgehead atoms. The van der Waals surface area contributed by atoms with E-state index < -0.39 is 0 Å². The lowest BCUT2D eigenvalue weighted by molar-refractivity contribution is 0.0946. The van der Waals surface area contributed by atoms with Gasteiger partial charge in [0.1, 0.15) is 0 Å². The van der Waals surface area contributed by atoms with E-state index in [0.717, 1.165) is 13.1 Å². The van der Waals surface area contributed by atoms with Gasteiger partial charge >= 0.3 is 0 Å². The number of rotatable bonds is 3. The van der Waals surface area contributed by atoms with Crippen molar-refractivity contribution in [1.82, 2.24) is 10.3 Å². The Bertz CT molecular complexity index is 347. The molecule has 0 atom stereocenters. The average Bonchev–Trinajstić information content (AvgIpc) is 2.12. The minimum atomic E-state index is 0.0992. The quantitative estimate of drug-likeness (QED) is 0.681. The number of hydrogen-bond acceptors (Lipinski definition) is 4. The van der Waals surface area contributed by atoms with E-state index in [0.29, 0.717) is 23.6 Å². The van der Waals surface area contributed by atoms with Gasteiger partial charge < -0.3 is 11.1 Å². The fourth-order valence-electron chi connectivity index (χ4n) is 1.50. The van der Waals surface area contributed by atoms with Crippen LogP contribution >= 0.6 is 0 Å². The number of carbonyl (C=O) groups is 1. The zero-order valence-electron chi connectivity index (χ0n) is 7.86. The first-order chi connectivity index (χ1) is 6.77.